The van der Waals surface area contributed by atoms with E-state index in [2.05, 4.69) is 187 Å². The van der Waals surface area contributed by atoms with Gasteiger partial charge in [-0.25, -0.2) is 0 Å². The highest BCUT2D eigenvalue weighted by Crippen LogP contribution is 2.26. The first-order chi connectivity index (χ1) is 30.5. The summed E-state index contributed by atoms with van der Waals surface area (Å²) >= 11 is 0. The molecule has 2 heteroatoms. The molecular formula is C60H78Si2. The zero-order valence-corrected chi connectivity index (χ0v) is 41.6. The van der Waals surface area contributed by atoms with Gasteiger partial charge in [-0.1, -0.05) is 257 Å². The molecule has 0 amide bonds. The van der Waals surface area contributed by atoms with E-state index in [1.807, 2.05) is 0 Å². The van der Waals surface area contributed by atoms with Crippen molar-refractivity contribution in [3.63, 3.8) is 0 Å². The Balaban J connectivity index is 1.82. The molecule has 0 N–H and O–H groups in total. The maximum atomic E-state index is 2.61. The molecule has 0 aliphatic heterocycles. The third-order valence-electron chi connectivity index (χ3n) is 13.8. The van der Waals surface area contributed by atoms with Crippen LogP contribution in [0.25, 0.3) is 0 Å². The molecule has 6 aromatic carbocycles. The maximum absolute atomic E-state index is 3.08. The lowest BCUT2D eigenvalue weighted by atomic mass is 10.1. The first-order valence-corrected chi connectivity index (χ1v) is 30.0. The minimum atomic E-state index is -3.08. The standard InChI is InChI=1S/C60H78Si2/c1-7-13-19-49-25-37-55(38-26-49)61(56-39-27-50(28-40-56)20-14-8-2,57-41-29-51(30-42-57)21-15-9-3)62(58-43-31-52(32-44-58)22-16-10-4,59-45-33-53(34-46-59)23-17-11-5)60-47-35-54(36-48-60)24-18-12-6/h25-48H,7-24H2,1-6H3. The van der Waals surface area contributed by atoms with Crippen molar-refractivity contribution in [2.45, 2.75) is 157 Å². The van der Waals surface area contributed by atoms with Crippen LogP contribution in [0.4, 0.5) is 0 Å². The maximum Gasteiger partial charge on any atom is 0.154 e. The van der Waals surface area contributed by atoms with Gasteiger partial charge < -0.3 is 0 Å². The molecule has 0 saturated carbocycles. The van der Waals surface area contributed by atoms with Crippen molar-refractivity contribution < 1.29 is 0 Å². The number of rotatable bonds is 25. The summed E-state index contributed by atoms with van der Waals surface area (Å²) in [4.78, 5) is 0. The van der Waals surface area contributed by atoms with Gasteiger partial charge in [0.2, 0.25) is 0 Å². The molecule has 6 aromatic rings. The van der Waals surface area contributed by atoms with Crippen LogP contribution in [-0.4, -0.2) is 15.2 Å². The second-order valence-corrected chi connectivity index (χ2v) is 29.3. The second kappa shape index (κ2) is 24.0. The van der Waals surface area contributed by atoms with Crippen LogP contribution < -0.4 is 31.1 Å². The van der Waals surface area contributed by atoms with E-state index in [4.69, 9.17) is 0 Å². The Morgan fingerprint density at radius 2 is 0.339 bits per heavy atom. The number of hydrogen-bond acceptors (Lipinski definition) is 0. The molecule has 62 heavy (non-hydrogen) atoms. The monoisotopic (exact) mass is 855 g/mol. The molecule has 0 bridgehead atoms. The van der Waals surface area contributed by atoms with Crippen molar-refractivity contribution in [3.8, 4) is 0 Å². The number of unbranched alkanes of at least 4 members (excludes halogenated alkanes) is 6. The molecule has 0 aromatic heterocycles. The lowest BCUT2D eigenvalue weighted by molar-refractivity contribution is 0.795. The van der Waals surface area contributed by atoms with Crippen LogP contribution in [0.5, 0.6) is 0 Å². The molecule has 326 valence electrons. The van der Waals surface area contributed by atoms with Crippen LogP contribution in [0.3, 0.4) is 0 Å². The molecule has 0 saturated heterocycles. The van der Waals surface area contributed by atoms with E-state index in [0.29, 0.717) is 0 Å². The molecule has 0 heterocycles. The van der Waals surface area contributed by atoms with Crippen molar-refractivity contribution in [2.75, 3.05) is 0 Å². The molecule has 0 aliphatic carbocycles. The fourth-order valence-electron chi connectivity index (χ4n) is 10.1. The van der Waals surface area contributed by atoms with E-state index >= 15 is 0 Å². The van der Waals surface area contributed by atoms with Crippen molar-refractivity contribution in [3.05, 3.63) is 179 Å². The average Bonchev–Trinajstić information content (AvgIpc) is 3.33. The summed E-state index contributed by atoms with van der Waals surface area (Å²) < 4.78 is 0. The smallest absolute Gasteiger partial charge is 0.0654 e. The van der Waals surface area contributed by atoms with Crippen molar-refractivity contribution in [1.82, 2.24) is 0 Å². The Hall–Kier alpha value is -4.25. The topological polar surface area (TPSA) is 0 Å². The first kappa shape index (κ1) is 47.2. The van der Waals surface area contributed by atoms with Crippen molar-refractivity contribution >= 4 is 46.3 Å². The third kappa shape index (κ3) is 10.7. The molecule has 0 atom stereocenters. The van der Waals surface area contributed by atoms with Gasteiger partial charge in [-0.3, -0.25) is 0 Å². The van der Waals surface area contributed by atoms with Crippen molar-refractivity contribution in [1.29, 1.82) is 0 Å². The minimum absolute atomic E-state index is 1.13. The molecule has 0 fully saturated rings. The molecule has 0 radical (unpaired) electrons. The second-order valence-electron chi connectivity index (χ2n) is 18.3. The predicted octanol–water partition coefficient (Wildman–Crippen LogP) is 12.5. The Labute approximate surface area is 380 Å². The first-order valence-electron chi connectivity index (χ1n) is 25.0. The third-order valence-corrected chi connectivity index (χ3v) is 30.7. The summed E-state index contributed by atoms with van der Waals surface area (Å²) in [6, 6.07) is 61.4. The van der Waals surface area contributed by atoms with E-state index in [9.17, 15) is 0 Å². The number of hydrogen-bond donors (Lipinski definition) is 0. The highest BCUT2D eigenvalue weighted by atomic mass is 29.3. The van der Waals surface area contributed by atoms with Crippen LogP contribution in [-0.2, 0) is 38.5 Å². The van der Waals surface area contributed by atoms with Crippen LogP contribution >= 0.6 is 0 Å². The number of aryl methyl sites for hydroxylation is 6. The van der Waals surface area contributed by atoms with Crippen LogP contribution in [0.1, 0.15) is 152 Å². The van der Waals surface area contributed by atoms with Gasteiger partial charge in [0.1, 0.15) is 0 Å². The van der Waals surface area contributed by atoms with Crippen molar-refractivity contribution in [2.24, 2.45) is 0 Å². The van der Waals surface area contributed by atoms with Gasteiger partial charge in [0.05, 0.1) is 0 Å². The summed E-state index contributed by atoms with van der Waals surface area (Å²) in [5.41, 5.74) is 8.73. The molecule has 6 rings (SSSR count). The predicted molar refractivity (Wildman–Crippen MR) is 280 cm³/mol. The Kier molecular flexibility index (Phi) is 18.3. The zero-order chi connectivity index (χ0) is 43.6. The molecule has 0 aliphatic rings. The van der Waals surface area contributed by atoms with Crippen LogP contribution in [0.2, 0.25) is 0 Å². The van der Waals surface area contributed by atoms with E-state index in [0.717, 1.165) is 38.5 Å². The van der Waals surface area contributed by atoms with E-state index in [-0.39, 0.29) is 0 Å². The summed E-state index contributed by atoms with van der Waals surface area (Å²) in [6.07, 6.45) is 21.4. The Morgan fingerprint density at radius 1 is 0.210 bits per heavy atom. The summed E-state index contributed by atoms with van der Waals surface area (Å²) in [5, 5.41) is 9.21. The van der Waals surface area contributed by atoms with Gasteiger partial charge in [0.25, 0.3) is 0 Å². The van der Waals surface area contributed by atoms with E-state index in [1.165, 1.54) is 142 Å². The van der Waals surface area contributed by atoms with Crippen LogP contribution in [0.15, 0.2) is 146 Å². The van der Waals surface area contributed by atoms with Gasteiger partial charge in [0, 0.05) is 0 Å². The normalized spacial score (nSPS) is 11.9. The largest absolute Gasteiger partial charge is 0.154 e. The Bertz CT molecular complexity index is 1750. The summed E-state index contributed by atoms with van der Waals surface area (Å²) in [5.74, 6) is 0. The summed E-state index contributed by atoms with van der Waals surface area (Å²) in [7, 11) is -6.16. The lowest BCUT2D eigenvalue weighted by Gasteiger charge is -2.50. The SMILES string of the molecule is CCCCc1ccc([Si](c2ccc(CCCC)cc2)(c2ccc(CCCC)cc2)[Si](c2ccc(CCCC)cc2)(c2ccc(CCCC)cc2)c2ccc(CCCC)cc2)cc1. The fourth-order valence-corrected chi connectivity index (χ4v) is 29.5. The van der Waals surface area contributed by atoms with E-state index < -0.39 is 15.2 Å². The average molecular weight is 855 g/mol. The Morgan fingerprint density at radius 3 is 0.452 bits per heavy atom. The highest BCUT2D eigenvalue weighted by Gasteiger charge is 2.61. The van der Waals surface area contributed by atoms with Gasteiger partial charge in [-0.15, -0.1) is 0 Å². The zero-order valence-electron chi connectivity index (χ0n) is 39.6. The lowest BCUT2D eigenvalue weighted by Crippen LogP contribution is -2.94. The molecule has 0 unspecified atom stereocenters. The fraction of sp³-hybridized carbons (Fsp3) is 0.400. The van der Waals surface area contributed by atoms with E-state index in [1.54, 1.807) is 0 Å². The van der Waals surface area contributed by atoms with Gasteiger partial charge in [-0.2, -0.15) is 0 Å². The molecular weight excluding hydrogens is 777 g/mol. The minimum Gasteiger partial charge on any atom is -0.0654 e. The summed E-state index contributed by atoms with van der Waals surface area (Å²) in [6.45, 7) is 13.9. The number of benzene rings is 6. The highest BCUT2D eigenvalue weighted by molar-refractivity contribution is 7.67. The molecule has 0 spiro atoms. The quantitative estimate of drug-likeness (QED) is 0.0398. The van der Waals surface area contributed by atoms with Gasteiger partial charge in [-0.05, 0) is 110 Å². The molecule has 0 nitrogen and oxygen atoms in total. The van der Waals surface area contributed by atoms with Gasteiger partial charge in [0.15, 0.2) is 15.2 Å². The van der Waals surface area contributed by atoms with Gasteiger partial charge >= 0.3 is 0 Å². The van der Waals surface area contributed by atoms with Crippen LogP contribution in [0, 0.1) is 0 Å².